The number of nitrogens with one attached hydrogen (secondary N) is 1. The molecule has 4 rings (SSSR count). The Kier molecular flexibility index (Phi) is 6.37. The van der Waals surface area contributed by atoms with Crippen LogP contribution in [0.1, 0.15) is 15.9 Å². The molecule has 0 saturated carbocycles. The van der Waals surface area contributed by atoms with Gasteiger partial charge in [0.15, 0.2) is 0 Å². The molecule has 0 unspecified atom stereocenters. The summed E-state index contributed by atoms with van der Waals surface area (Å²) in [5, 5.41) is 16.5. The summed E-state index contributed by atoms with van der Waals surface area (Å²) in [7, 11) is 3.15. The minimum atomic E-state index is -0.315. The Labute approximate surface area is 191 Å². The molecule has 1 heterocycles. The Morgan fingerprint density at radius 3 is 2.45 bits per heavy atom. The van der Waals surface area contributed by atoms with Gasteiger partial charge in [0.05, 0.1) is 38.0 Å². The molecule has 0 aliphatic rings. The maximum Gasteiger partial charge on any atom is 0.259 e. The Hall–Kier alpha value is -4.57. The number of carbonyl (C=O) groups is 1. The fourth-order valence-electron chi connectivity index (χ4n) is 3.45. The number of para-hydroxylation sites is 1. The third kappa shape index (κ3) is 4.70. The molecule has 1 N–H and O–H groups in total. The predicted octanol–water partition coefficient (Wildman–Crippen LogP) is 4.87. The average Bonchev–Trinajstić information content (AvgIpc) is 3.31. The third-order valence-electron chi connectivity index (χ3n) is 5.14. The highest BCUT2D eigenvalue weighted by atomic mass is 16.5. The Bertz CT molecular complexity index is 1310. The molecule has 0 radical (unpaired) electrons. The molecule has 0 aliphatic heterocycles. The number of carbonyl (C=O) groups excluding carboxylic acids is 1. The molecule has 0 atom stereocenters. The molecular formula is C26H22N4O3. The van der Waals surface area contributed by atoms with Gasteiger partial charge in [-0.25, -0.2) is 4.68 Å². The first-order valence-electron chi connectivity index (χ1n) is 10.3. The summed E-state index contributed by atoms with van der Waals surface area (Å²) in [6.45, 7) is 0. The zero-order valence-electron chi connectivity index (χ0n) is 18.3. The van der Waals surface area contributed by atoms with Crippen LogP contribution < -0.4 is 14.8 Å². The summed E-state index contributed by atoms with van der Waals surface area (Å²) in [5.41, 5.74) is 3.81. The van der Waals surface area contributed by atoms with E-state index in [1.54, 1.807) is 55.4 Å². The van der Waals surface area contributed by atoms with E-state index in [4.69, 9.17) is 19.8 Å². The number of ether oxygens (including phenoxy) is 2. The van der Waals surface area contributed by atoms with Crippen molar-refractivity contribution in [2.75, 3.05) is 19.5 Å². The molecule has 1 amide bonds. The number of methoxy groups -OCH3 is 2. The van der Waals surface area contributed by atoms with Gasteiger partial charge in [0.25, 0.3) is 5.91 Å². The second kappa shape index (κ2) is 9.71. The lowest BCUT2D eigenvalue weighted by atomic mass is 10.1. The topological polar surface area (TPSA) is 89.2 Å². The second-order valence-electron chi connectivity index (χ2n) is 7.22. The molecule has 1 aromatic heterocycles. The molecular weight excluding hydrogens is 416 g/mol. The number of rotatable bonds is 7. The van der Waals surface area contributed by atoms with Crippen LogP contribution in [0.3, 0.4) is 0 Å². The van der Waals surface area contributed by atoms with E-state index in [1.807, 2.05) is 42.5 Å². The van der Waals surface area contributed by atoms with E-state index in [0.717, 1.165) is 11.3 Å². The monoisotopic (exact) mass is 438 g/mol. The Balaban J connectivity index is 1.77. The molecule has 7 nitrogen and oxygen atoms in total. The van der Waals surface area contributed by atoms with Crippen molar-refractivity contribution in [3.8, 4) is 34.5 Å². The summed E-state index contributed by atoms with van der Waals surface area (Å²) in [6.07, 6.45) is 2.01. The fraction of sp³-hybridized carbons (Fsp3) is 0.115. The summed E-state index contributed by atoms with van der Waals surface area (Å²) < 4.78 is 12.6. The first-order chi connectivity index (χ1) is 16.1. The van der Waals surface area contributed by atoms with Gasteiger partial charge in [0.1, 0.15) is 17.2 Å². The lowest BCUT2D eigenvalue weighted by Crippen LogP contribution is -2.12. The van der Waals surface area contributed by atoms with E-state index in [2.05, 4.69) is 11.4 Å². The second-order valence-corrected chi connectivity index (χ2v) is 7.22. The number of amides is 1. The van der Waals surface area contributed by atoms with Gasteiger partial charge >= 0.3 is 0 Å². The van der Waals surface area contributed by atoms with Gasteiger partial charge in [-0.1, -0.05) is 30.3 Å². The highest BCUT2D eigenvalue weighted by Crippen LogP contribution is 2.35. The number of hydrogen-bond acceptors (Lipinski definition) is 5. The first-order valence-corrected chi connectivity index (χ1v) is 10.3. The molecule has 0 bridgehead atoms. The number of nitriles is 1. The number of hydrogen-bond donors (Lipinski definition) is 1. The van der Waals surface area contributed by atoms with E-state index >= 15 is 0 Å². The SMILES string of the molecule is COc1ccc(OC)c(-c2nn(-c3ccccc3)cc2C(=O)Nc2ccc(CC#N)cc2)c1. The van der Waals surface area contributed by atoms with E-state index < -0.39 is 0 Å². The average molecular weight is 438 g/mol. The van der Waals surface area contributed by atoms with Crippen molar-refractivity contribution in [2.24, 2.45) is 0 Å². The smallest absolute Gasteiger partial charge is 0.259 e. The van der Waals surface area contributed by atoms with Crippen LogP contribution in [-0.4, -0.2) is 29.9 Å². The van der Waals surface area contributed by atoms with Gasteiger partial charge < -0.3 is 14.8 Å². The highest BCUT2D eigenvalue weighted by molar-refractivity contribution is 6.08. The van der Waals surface area contributed by atoms with Gasteiger partial charge in [0.2, 0.25) is 0 Å². The highest BCUT2D eigenvalue weighted by Gasteiger charge is 2.22. The largest absolute Gasteiger partial charge is 0.497 e. The van der Waals surface area contributed by atoms with Gasteiger partial charge in [-0.2, -0.15) is 10.4 Å². The van der Waals surface area contributed by atoms with Gasteiger partial charge in [-0.3, -0.25) is 4.79 Å². The zero-order chi connectivity index (χ0) is 23.2. The van der Waals surface area contributed by atoms with Gasteiger partial charge in [0, 0.05) is 17.4 Å². The molecule has 0 saturated heterocycles. The van der Waals surface area contributed by atoms with Crippen LogP contribution in [0, 0.1) is 11.3 Å². The van der Waals surface area contributed by atoms with Crippen molar-refractivity contribution in [3.63, 3.8) is 0 Å². The number of nitrogens with zero attached hydrogens (tertiary/aromatic N) is 3. The van der Waals surface area contributed by atoms with Crippen molar-refractivity contribution < 1.29 is 14.3 Å². The predicted molar refractivity (Wildman–Crippen MR) is 126 cm³/mol. The summed E-state index contributed by atoms with van der Waals surface area (Å²) in [4.78, 5) is 13.3. The molecule has 0 fully saturated rings. The number of anilines is 1. The lowest BCUT2D eigenvalue weighted by molar-refractivity contribution is 0.102. The molecule has 164 valence electrons. The number of benzene rings is 3. The van der Waals surface area contributed by atoms with Crippen molar-refractivity contribution in [3.05, 3.63) is 90.1 Å². The van der Waals surface area contributed by atoms with Crippen LogP contribution in [0.25, 0.3) is 16.9 Å². The van der Waals surface area contributed by atoms with Crippen LogP contribution in [0.4, 0.5) is 5.69 Å². The molecule has 0 aliphatic carbocycles. The summed E-state index contributed by atoms with van der Waals surface area (Å²) >= 11 is 0. The van der Waals surface area contributed by atoms with Crippen molar-refractivity contribution in [2.45, 2.75) is 6.42 Å². The normalized spacial score (nSPS) is 10.3. The molecule has 33 heavy (non-hydrogen) atoms. The van der Waals surface area contributed by atoms with Crippen LogP contribution in [-0.2, 0) is 6.42 Å². The lowest BCUT2D eigenvalue weighted by Gasteiger charge is -2.11. The molecule has 4 aromatic rings. The summed E-state index contributed by atoms with van der Waals surface area (Å²) in [5.74, 6) is 0.883. The van der Waals surface area contributed by atoms with E-state index in [-0.39, 0.29) is 5.91 Å². The third-order valence-corrected chi connectivity index (χ3v) is 5.14. The van der Waals surface area contributed by atoms with E-state index in [9.17, 15) is 4.79 Å². The minimum absolute atomic E-state index is 0.315. The minimum Gasteiger partial charge on any atom is -0.497 e. The quantitative estimate of drug-likeness (QED) is 0.444. The van der Waals surface area contributed by atoms with Crippen molar-refractivity contribution in [1.29, 1.82) is 5.26 Å². The fourth-order valence-corrected chi connectivity index (χ4v) is 3.45. The Morgan fingerprint density at radius 2 is 1.79 bits per heavy atom. The maximum absolute atomic E-state index is 13.3. The molecule has 0 spiro atoms. The van der Waals surface area contributed by atoms with Crippen molar-refractivity contribution >= 4 is 11.6 Å². The Morgan fingerprint density at radius 1 is 1.03 bits per heavy atom. The van der Waals surface area contributed by atoms with Crippen molar-refractivity contribution in [1.82, 2.24) is 9.78 Å². The van der Waals surface area contributed by atoms with Gasteiger partial charge in [-0.15, -0.1) is 0 Å². The van der Waals surface area contributed by atoms with Crippen LogP contribution in [0.5, 0.6) is 11.5 Å². The van der Waals surface area contributed by atoms with Gasteiger partial charge in [-0.05, 0) is 48.0 Å². The zero-order valence-corrected chi connectivity index (χ0v) is 18.3. The number of aromatic nitrogens is 2. The molecule has 7 heteroatoms. The molecule has 3 aromatic carbocycles. The van der Waals surface area contributed by atoms with Crippen LogP contribution in [0.2, 0.25) is 0 Å². The summed E-state index contributed by atoms with van der Waals surface area (Å²) in [6, 6.07) is 24.2. The standard InChI is InChI=1S/C26H22N4O3/c1-32-21-12-13-24(33-2)22(16-21)25-23(17-30(29-25)20-6-4-3-5-7-20)26(31)28-19-10-8-18(9-11-19)14-15-27/h3-13,16-17H,14H2,1-2H3,(H,28,31). The maximum atomic E-state index is 13.3. The van der Waals surface area contributed by atoms with E-state index in [0.29, 0.717) is 40.4 Å². The van der Waals surface area contributed by atoms with E-state index in [1.165, 1.54) is 0 Å². The first kappa shape index (κ1) is 21.7. The van der Waals surface area contributed by atoms with Crippen LogP contribution >= 0.6 is 0 Å². The van der Waals surface area contributed by atoms with Crippen LogP contribution in [0.15, 0.2) is 79.0 Å².